The van der Waals surface area contributed by atoms with Crippen molar-refractivity contribution in [2.75, 3.05) is 6.54 Å². The lowest BCUT2D eigenvalue weighted by Gasteiger charge is -2.15. The van der Waals surface area contributed by atoms with E-state index in [-0.39, 0.29) is 0 Å². The van der Waals surface area contributed by atoms with Crippen LogP contribution in [0, 0.1) is 0 Å². The fourth-order valence-corrected chi connectivity index (χ4v) is 3.02. The first kappa shape index (κ1) is 16.5. The Kier molecular flexibility index (Phi) is 5.85. The summed E-state index contributed by atoms with van der Waals surface area (Å²) in [5.74, 6) is 2.10. The minimum absolute atomic E-state index is 0.396. The molecule has 112 valence electrons. The fourth-order valence-electron chi connectivity index (χ4n) is 2.13. The number of halogens is 2. The minimum Gasteiger partial charge on any atom is -0.456 e. The summed E-state index contributed by atoms with van der Waals surface area (Å²) >= 11 is 7.09. The van der Waals surface area contributed by atoms with Gasteiger partial charge in [-0.1, -0.05) is 35.8 Å². The summed E-state index contributed by atoms with van der Waals surface area (Å²) in [5, 5.41) is 0. The molecule has 0 spiro atoms. The van der Waals surface area contributed by atoms with Crippen LogP contribution in [0.5, 0.6) is 11.5 Å². The number of rotatable bonds is 5. The molecule has 0 amide bonds. The van der Waals surface area contributed by atoms with E-state index in [1.165, 1.54) is 11.1 Å². The van der Waals surface area contributed by atoms with E-state index in [0.717, 1.165) is 26.9 Å². The highest BCUT2D eigenvalue weighted by Crippen LogP contribution is 2.36. The second-order valence-corrected chi connectivity index (χ2v) is 7.01. The molecule has 21 heavy (non-hydrogen) atoms. The molecule has 0 aliphatic rings. The van der Waals surface area contributed by atoms with Gasteiger partial charge in [-0.25, -0.2) is 0 Å². The maximum absolute atomic E-state index is 6.09. The fraction of sp³-hybridized carbons (Fsp3) is 0.294. The summed E-state index contributed by atoms with van der Waals surface area (Å²) < 4.78 is 8.11. The maximum atomic E-state index is 6.09. The van der Waals surface area contributed by atoms with Crippen molar-refractivity contribution in [1.82, 2.24) is 0 Å². The molecule has 0 unspecified atom stereocenters. The quantitative estimate of drug-likeness (QED) is 0.690. The van der Waals surface area contributed by atoms with Crippen LogP contribution in [0.1, 0.15) is 30.9 Å². The highest BCUT2D eigenvalue weighted by molar-refractivity contribution is 9.10. The van der Waals surface area contributed by atoms with Gasteiger partial charge in [0.2, 0.25) is 0 Å². The van der Waals surface area contributed by atoms with Crippen molar-refractivity contribution < 1.29 is 4.74 Å². The molecule has 2 N–H and O–H groups in total. The molecule has 0 saturated carbocycles. The number of hydrogen-bond acceptors (Lipinski definition) is 2. The van der Waals surface area contributed by atoms with Crippen molar-refractivity contribution in [2.45, 2.75) is 26.2 Å². The predicted molar refractivity (Wildman–Crippen MR) is 95.2 cm³/mol. The molecule has 2 aromatic carbocycles. The molecule has 0 aromatic heterocycles. The van der Waals surface area contributed by atoms with Crippen molar-refractivity contribution >= 4 is 31.9 Å². The lowest BCUT2D eigenvalue weighted by Crippen LogP contribution is -2.02. The molecule has 0 aliphatic carbocycles. The molecule has 0 atom stereocenters. The summed E-state index contributed by atoms with van der Waals surface area (Å²) in [6.45, 7) is 4.97. The first-order chi connectivity index (χ1) is 10.0. The van der Waals surface area contributed by atoms with Gasteiger partial charge in [0, 0.05) is 4.47 Å². The van der Waals surface area contributed by atoms with Crippen molar-refractivity contribution in [3.05, 3.63) is 56.5 Å². The van der Waals surface area contributed by atoms with E-state index in [1.807, 2.05) is 18.2 Å². The lowest BCUT2D eigenvalue weighted by atomic mass is 10.0. The average Bonchev–Trinajstić information content (AvgIpc) is 2.43. The molecular formula is C17H19Br2NO. The van der Waals surface area contributed by atoms with E-state index in [1.54, 1.807) is 0 Å². The molecule has 2 rings (SSSR count). The van der Waals surface area contributed by atoms with Gasteiger partial charge >= 0.3 is 0 Å². The zero-order chi connectivity index (χ0) is 15.4. The third kappa shape index (κ3) is 4.31. The van der Waals surface area contributed by atoms with Gasteiger partial charge < -0.3 is 10.5 Å². The van der Waals surface area contributed by atoms with E-state index < -0.39 is 0 Å². The first-order valence-corrected chi connectivity index (χ1v) is 8.55. The highest BCUT2D eigenvalue weighted by atomic mass is 79.9. The van der Waals surface area contributed by atoms with Gasteiger partial charge in [-0.3, -0.25) is 0 Å². The van der Waals surface area contributed by atoms with Crippen molar-refractivity contribution in [2.24, 2.45) is 5.73 Å². The van der Waals surface area contributed by atoms with Gasteiger partial charge in [0.05, 0.1) is 4.47 Å². The zero-order valence-corrected chi connectivity index (χ0v) is 15.4. The largest absolute Gasteiger partial charge is 0.456 e. The molecule has 2 aromatic rings. The van der Waals surface area contributed by atoms with Crippen LogP contribution >= 0.6 is 31.9 Å². The Balaban J connectivity index is 2.30. The van der Waals surface area contributed by atoms with E-state index in [2.05, 4.69) is 63.9 Å². The first-order valence-electron chi connectivity index (χ1n) is 6.97. The van der Waals surface area contributed by atoms with Gasteiger partial charge in [-0.15, -0.1) is 0 Å². The third-order valence-corrected chi connectivity index (χ3v) is 4.36. The second-order valence-electron chi connectivity index (χ2n) is 5.24. The Morgan fingerprint density at radius 2 is 1.76 bits per heavy atom. The number of ether oxygens (including phenoxy) is 1. The maximum Gasteiger partial charge on any atom is 0.141 e. The van der Waals surface area contributed by atoms with Crippen molar-refractivity contribution in [3.8, 4) is 11.5 Å². The lowest BCUT2D eigenvalue weighted by molar-refractivity contribution is 0.470. The Bertz CT molecular complexity index is 626. The van der Waals surface area contributed by atoms with E-state index in [9.17, 15) is 0 Å². The summed E-state index contributed by atoms with van der Waals surface area (Å²) in [4.78, 5) is 0. The number of benzene rings is 2. The van der Waals surface area contributed by atoms with Gasteiger partial charge in [-0.2, -0.15) is 0 Å². The van der Waals surface area contributed by atoms with Gasteiger partial charge in [0.25, 0.3) is 0 Å². The summed E-state index contributed by atoms with van der Waals surface area (Å²) in [5.41, 5.74) is 7.98. The molecule has 0 heterocycles. The second kappa shape index (κ2) is 7.43. The zero-order valence-electron chi connectivity index (χ0n) is 12.2. The SMILES string of the molecule is CC(C)c1cc(Br)ccc1Oc1ccc(CCN)cc1Br. The number of hydrogen-bond donors (Lipinski definition) is 1. The summed E-state index contributed by atoms with van der Waals surface area (Å²) in [6, 6.07) is 12.2. The van der Waals surface area contributed by atoms with E-state index in [0.29, 0.717) is 12.5 Å². The van der Waals surface area contributed by atoms with Crippen molar-refractivity contribution in [3.63, 3.8) is 0 Å². The van der Waals surface area contributed by atoms with Crippen LogP contribution in [0.2, 0.25) is 0 Å². The molecule has 0 saturated heterocycles. The molecule has 0 radical (unpaired) electrons. The summed E-state index contributed by atoms with van der Waals surface area (Å²) in [6.07, 6.45) is 0.869. The van der Waals surface area contributed by atoms with Gasteiger partial charge in [0.15, 0.2) is 0 Å². The molecule has 2 nitrogen and oxygen atoms in total. The van der Waals surface area contributed by atoms with Crippen LogP contribution in [-0.2, 0) is 6.42 Å². The van der Waals surface area contributed by atoms with Crippen LogP contribution in [0.25, 0.3) is 0 Å². The van der Waals surface area contributed by atoms with Crippen molar-refractivity contribution in [1.29, 1.82) is 0 Å². The molecular weight excluding hydrogens is 394 g/mol. The minimum atomic E-state index is 0.396. The normalized spacial score (nSPS) is 11.0. The molecule has 0 aliphatic heterocycles. The van der Waals surface area contributed by atoms with E-state index in [4.69, 9.17) is 10.5 Å². The Hall–Kier alpha value is -0.840. The Morgan fingerprint density at radius 3 is 2.38 bits per heavy atom. The summed E-state index contributed by atoms with van der Waals surface area (Å²) in [7, 11) is 0. The molecule has 4 heteroatoms. The average molecular weight is 413 g/mol. The van der Waals surface area contributed by atoms with E-state index >= 15 is 0 Å². The van der Waals surface area contributed by atoms with Crippen LogP contribution < -0.4 is 10.5 Å². The van der Waals surface area contributed by atoms with Crippen LogP contribution in [0.4, 0.5) is 0 Å². The smallest absolute Gasteiger partial charge is 0.141 e. The highest BCUT2D eigenvalue weighted by Gasteiger charge is 2.11. The Labute approximate surface area is 143 Å². The number of nitrogens with two attached hydrogens (primary N) is 1. The third-order valence-electron chi connectivity index (χ3n) is 3.24. The topological polar surface area (TPSA) is 35.2 Å². The molecule has 0 bridgehead atoms. The van der Waals surface area contributed by atoms with Gasteiger partial charge in [-0.05, 0) is 76.3 Å². The monoisotopic (exact) mass is 411 g/mol. The molecule has 0 fully saturated rings. The standard InChI is InChI=1S/C17H19Br2NO/c1-11(2)14-10-13(18)4-6-16(14)21-17-5-3-12(7-8-20)9-15(17)19/h3-6,9-11H,7-8,20H2,1-2H3. The van der Waals surface area contributed by atoms with Gasteiger partial charge in [0.1, 0.15) is 11.5 Å². The Morgan fingerprint density at radius 1 is 1.05 bits per heavy atom. The van der Waals surface area contributed by atoms with Crippen LogP contribution in [0.3, 0.4) is 0 Å². The predicted octanol–water partition coefficient (Wildman–Crippen LogP) is 5.63. The van der Waals surface area contributed by atoms with Crippen LogP contribution in [-0.4, -0.2) is 6.54 Å². The van der Waals surface area contributed by atoms with Crippen LogP contribution in [0.15, 0.2) is 45.3 Å².